The van der Waals surface area contributed by atoms with Crippen LogP contribution in [0.4, 0.5) is 5.69 Å². The lowest BCUT2D eigenvalue weighted by Crippen LogP contribution is -2.17. The Bertz CT molecular complexity index is 567. The zero-order valence-electron chi connectivity index (χ0n) is 10.9. The number of hydrogen-bond acceptors (Lipinski definition) is 4. The molecule has 0 amide bonds. The van der Waals surface area contributed by atoms with Gasteiger partial charge in [0.1, 0.15) is 0 Å². The van der Waals surface area contributed by atoms with Crippen molar-refractivity contribution in [2.45, 2.75) is 26.4 Å². The molecule has 0 bridgehead atoms. The average Bonchev–Trinajstić information content (AvgIpc) is 2.89. The maximum atomic E-state index is 10.9. The van der Waals surface area contributed by atoms with Crippen LogP contribution in [0.5, 0.6) is 0 Å². The van der Waals surface area contributed by atoms with Crippen LogP contribution in [-0.2, 0) is 6.54 Å². The molecule has 0 saturated carbocycles. The first-order valence-electron chi connectivity index (χ1n) is 6.07. The first-order valence-corrected chi connectivity index (χ1v) is 7.01. The van der Waals surface area contributed by atoms with E-state index >= 15 is 0 Å². The molecule has 19 heavy (non-hydrogen) atoms. The highest BCUT2D eigenvalue weighted by atomic mass is 32.1. The van der Waals surface area contributed by atoms with Gasteiger partial charge in [0, 0.05) is 24.2 Å². The second-order valence-corrected chi connectivity index (χ2v) is 5.32. The van der Waals surface area contributed by atoms with Crippen LogP contribution in [0.25, 0.3) is 0 Å². The van der Waals surface area contributed by atoms with Gasteiger partial charge in [-0.2, -0.15) is 11.3 Å². The first-order chi connectivity index (χ1) is 9.08. The molecular weight excluding hydrogens is 260 g/mol. The fourth-order valence-electron chi connectivity index (χ4n) is 1.87. The number of nitro groups is 1. The van der Waals surface area contributed by atoms with Crippen molar-refractivity contribution in [1.29, 1.82) is 0 Å². The summed E-state index contributed by atoms with van der Waals surface area (Å²) in [6.45, 7) is 4.54. The van der Waals surface area contributed by atoms with Gasteiger partial charge >= 0.3 is 0 Å². The molecule has 0 aliphatic heterocycles. The van der Waals surface area contributed by atoms with E-state index in [-0.39, 0.29) is 16.7 Å². The summed E-state index contributed by atoms with van der Waals surface area (Å²) in [5.41, 5.74) is 3.05. The molecule has 1 heterocycles. The lowest BCUT2D eigenvalue weighted by Gasteiger charge is -2.14. The Labute approximate surface area is 116 Å². The summed E-state index contributed by atoms with van der Waals surface area (Å²) in [5.74, 6) is 0. The van der Waals surface area contributed by atoms with Gasteiger partial charge in [-0.25, -0.2) is 0 Å². The Hall–Kier alpha value is -1.72. The number of aryl methyl sites for hydroxylation is 1. The van der Waals surface area contributed by atoms with E-state index in [0.717, 1.165) is 12.1 Å². The number of nitrogens with one attached hydrogen (secondary N) is 1. The minimum absolute atomic E-state index is 0.0826. The Morgan fingerprint density at radius 1 is 1.42 bits per heavy atom. The van der Waals surface area contributed by atoms with Gasteiger partial charge in [-0.3, -0.25) is 10.1 Å². The maximum absolute atomic E-state index is 10.9. The molecule has 0 radical (unpaired) electrons. The predicted octanol–water partition coefficient (Wildman–Crippen LogP) is 3.82. The molecule has 0 saturated heterocycles. The van der Waals surface area contributed by atoms with Gasteiger partial charge in [-0.05, 0) is 41.8 Å². The van der Waals surface area contributed by atoms with Crippen LogP contribution in [0.1, 0.15) is 29.7 Å². The van der Waals surface area contributed by atoms with E-state index in [1.165, 1.54) is 5.56 Å². The molecule has 0 spiro atoms. The molecule has 0 fully saturated rings. The number of nitrogens with zero attached hydrogens (tertiary/aromatic N) is 1. The Balaban J connectivity index is 2.08. The molecule has 5 heteroatoms. The van der Waals surface area contributed by atoms with Crippen molar-refractivity contribution in [1.82, 2.24) is 5.32 Å². The van der Waals surface area contributed by atoms with Crippen molar-refractivity contribution >= 4 is 17.0 Å². The third-order valence-electron chi connectivity index (χ3n) is 3.12. The lowest BCUT2D eigenvalue weighted by molar-refractivity contribution is -0.385. The van der Waals surface area contributed by atoms with Gasteiger partial charge in [0.2, 0.25) is 0 Å². The van der Waals surface area contributed by atoms with E-state index in [9.17, 15) is 10.1 Å². The fraction of sp³-hybridized carbons (Fsp3) is 0.286. The zero-order valence-corrected chi connectivity index (χ0v) is 11.7. The highest BCUT2D eigenvalue weighted by Crippen LogP contribution is 2.23. The number of rotatable bonds is 5. The van der Waals surface area contributed by atoms with Crippen LogP contribution in [0.15, 0.2) is 35.0 Å². The number of thiophene rings is 1. The average molecular weight is 276 g/mol. The van der Waals surface area contributed by atoms with E-state index in [1.54, 1.807) is 30.4 Å². The SMILES string of the molecule is Cc1ccc(C(C)NCc2ccsc2)cc1[N+](=O)[O-]. The van der Waals surface area contributed by atoms with Gasteiger partial charge in [0.05, 0.1) is 4.92 Å². The van der Waals surface area contributed by atoms with Crippen LogP contribution in [0.3, 0.4) is 0 Å². The van der Waals surface area contributed by atoms with Crippen molar-refractivity contribution in [3.05, 3.63) is 61.8 Å². The normalized spacial score (nSPS) is 12.3. The Morgan fingerprint density at radius 3 is 2.84 bits per heavy atom. The topological polar surface area (TPSA) is 55.2 Å². The Kier molecular flexibility index (Phi) is 4.29. The van der Waals surface area contributed by atoms with Crippen LogP contribution in [0.2, 0.25) is 0 Å². The fourth-order valence-corrected chi connectivity index (χ4v) is 2.54. The summed E-state index contributed by atoms with van der Waals surface area (Å²) in [4.78, 5) is 10.6. The maximum Gasteiger partial charge on any atom is 0.272 e. The molecule has 2 rings (SSSR count). The second kappa shape index (κ2) is 5.95. The number of benzene rings is 1. The van der Waals surface area contributed by atoms with Crippen LogP contribution in [-0.4, -0.2) is 4.92 Å². The van der Waals surface area contributed by atoms with Crippen LogP contribution < -0.4 is 5.32 Å². The molecular formula is C14H16N2O2S. The van der Waals surface area contributed by atoms with E-state index in [1.807, 2.05) is 18.4 Å². The quantitative estimate of drug-likeness (QED) is 0.667. The highest BCUT2D eigenvalue weighted by molar-refractivity contribution is 7.07. The third-order valence-corrected chi connectivity index (χ3v) is 3.85. The van der Waals surface area contributed by atoms with E-state index in [2.05, 4.69) is 16.8 Å². The zero-order chi connectivity index (χ0) is 13.8. The smallest absolute Gasteiger partial charge is 0.272 e. The molecule has 0 aliphatic rings. The first kappa shape index (κ1) is 13.7. The summed E-state index contributed by atoms with van der Waals surface area (Å²) in [5, 5.41) is 18.4. The summed E-state index contributed by atoms with van der Waals surface area (Å²) in [7, 11) is 0. The van der Waals surface area contributed by atoms with Crippen molar-refractivity contribution in [2.75, 3.05) is 0 Å². The Morgan fingerprint density at radius 2 is 2.21 bits per heavy atom. The second-order valence-electron chi connectivity index (χ2n) is 4.54. The minimum atomic E-state index is -0.329. The highest BCUT2D eigenvalue weighted by Gasteiger charge is 2.14. The van der Waals surface area contributed by atoms with E-state index in [0.29, 0.717) is 5.56 Å². The summed E-state index contributed by atoms with van der Waals surface area (Å²) >= 11 is 1.67. The molecule has 1 N–H and O–H groups in total. The molecule has 1 aromatic carbocycles. The summed E-state index contributed by atoms with van der Waals surface area (Å²) in [6, 6.07) is 7.55. The van der Waals surface area contributed by atoms with E-state index in [4.69, 9.17) is 0 Å². The van der Waals surface area contributed by atoms with E-state index < -0.39 is 0 Å². The van der Waals surface area contributed by atoms with Crippen LogP contribution >= 0.6 is 11.3 Å². The van der Waals surface area contributed by atoms with Crippen molar-refractivity contribution in [3.8, 4) is 0 Å². The lowest BCUT2D eigenvalue weighted by atomic mass is 10.0. The molecule has 1 unspecified atom stereocenters. The predicted molar refractivity (Wildman–Crippen MR) is 77.4 cm³/mol. The molecule has 1 aromatic heterocycles. The van der Waals surface area contributed by atoms with Gasteiger partial charge in [-0.1, -0.05) is 12.1 Å². The van der Waals surface area contributed by atoms with Gasteiger partial charge < -0.3 is 5.32 Å². The standard InChI is InChI=1S/C14H16N2O2S/c1-10-3-4-13(7-14(10)16(17)18)11(2)15-8-12-5-6-19-9-12/h3-7,9,11,15H,8H2,1-2H3. The molecule has 2 aromatic rings. The van der Waals surface area contributed by atoms with Crippen molar-refractivity contribution < 1.29 is 4.92 Å². The summed E-state index contributed by atoms with van der Waals surface area (Å²) in [6.07, 6.45) is 0. The monoisotopic (exact) mass is 276 g/mol. The third kappa shape index (κ3) is 3.39. The van der Waals surface area contributed by atoms with Crippen LogP contribution in [0, 0.1) is 17.0 Å². The molecule has 0 aliphatic carbocycles. The van der Waals surface area contributed by atoms with Gasteiger partial charge in [0.15, 0.2) is 0 Å². The van der Waals surface area contributed by atoms with Crippen molar-refractivity contribution in [2.24, 2.45) is 0 Å². The number of hydrogen-bond donors (Lipinski definition) is 1. The van der Waals surface area contributed by atoms with Gasteiger partial charge in [0.25, 0.3) is 5.69 Å². The van der Waals surface area contributed by atoms with Crippen molar-refractivity contribution in [3.63, 3.8) is 0 Å². The number of nitro benzene ring substituents is 1. The van der Waals surface area contributed by atoms with Gasteiger partial charge in [-0.15, -0.1) is 0 Å². The molecule has 1 atom stereocenters. The minimum Gasteiger partial charge on any atom is -0.306 e. The summed E-state index contributed by atoms with van der Waals surface area (Å²) < 4.78 is 0. The largest absolute Gasteiger partial charge is 0.306 e. The molecule has 100 valence electrons. The molecule has 4 nitrogen and oxygen atoms in total.